The number of nitrogens with one attached hydrogen (secondary N) is 3. The molecule has 0 bridgehead atoms. The molecule has 0 radical (unpaired) electrons. The number of anilines is 1. The minimum Gasteiger partial charge on any atom is -0.368 e. The van der Waals surface area contributed by atoms with Crippen LogP contribution >= 0.6 is 22.6 Å². The molecule has 0 spiro atoms. The number of nitrogens with zero attached hydrogens (tertiary/aromatic N) is 1. The molecule has 0 unspecified atom stereocenters. The lowest BCUT2D eigenvalue weighted by Gasteiger charge is -2.09. The average molecular weight is 364 g/mol. The van der Waals surface area contributed by atoms with Crippen molar-refractivity contribution in [1.82, 2.24) is 15.3 Å². The Bertz CT molecular complexity index is 459. The standard InChI is InChI=1S/C11H17IN4O2/c1-7(2)5-14-8(17)3-4-13-10-9(12)11(18)16-6-15-10/h6-7H,3-5H2,1-2H3,(H,14,17)(H2,13,15,16,18). The lowest BCUT2D eigenvalue weighted by atomic mass is 10.2. The summed E-state index contributed by atoms with van der Waals surface area (Å²) in [7, 11) is 0. The Labute approximate surface area is 119 Å². The van der Waals surface area contributed by atoms with Crippen molar-refractivity contribution >= 4 is 34.3 Å². The van der Waals surface area contributed by atoms with Crippen molar-refractivity contribution in [2.45, 2.75) is 20.3 Å². The number of amides is 1. The Morgan fingerprint density at radius 1 is 1.56 bits per heavy atom. The summed E-state index contributed by atoms with van der Waals surface area (Å²) in [6.07, 6.45) is 1.70. The van der Waals surface area contributed by atoms with Gasteiger partial charge in [-0.1, -0.05) is 13.8 Å². The number of aromatic amines is 1. The zero-order valence-electron chi connectivity index (χ0n) is 10.4. The summed E-state index contributed by atoms with van der Waals surface area (Å²) in [5, 5.41) is 5.80. The van der Waals surface area contributed by atoms with Crippen LogP contribution in [0.25, 0.3) is 0 Å². The molecule has 1 amide bonds. The molecule has 0 aliphatic heterocycles. The molecule has 0 aromatic carbocycles. The Morgan fingerprint density at radius 2 is 2.28 bits per heavy atom. The average Bonchev–Trinajstić information content (AvgIpc) is 2.32. The van der Waals surface area contributed by atoms with Gasteiger partial charge in [0, 0.05) is 19.5 Å². The maximum atomic E-state index is 11.4. The number of aromatic nitrogens is 2. The number of carbonyl (C=O) groups is 1. The Kier molecular flexibility index (Phi) is 6.10. The first-order valence-corrected chi connectivity index (χ1v) is 6.82. The molecule has 0 aliphatic carbocycles. The minimum atomic E-state index is -0.183. The van der Waals surface area contributed by atoms with Gasteiger partial charge in [-0.15, -0.1) is 0 Å². The summed E-state index contributed by atoms with van der Waals surface area (Å²) < 4.78 is 0.498. The second-order valence-corrected chi connectivity index (χ2v) is 5.35. The number of H-pyrrole nitrogens is 1. The number of halogens is 1. The molecule has 3 N–H and O–H groups in total. The topological polar surface area (TPSA) is 86.9 Å². The summed E-state index contributed by atoms with van der Waals surface area (Å²) in [5.74, 6) is 0.948. The van der Waals surface area contributed by atoms with Crippen LogP contribution in [-0.4, -0.2) is 29.0 Å². The van der Waals surface area contributed by atoms with E-state index in [4.69, 9.17) is 0 Å². The van der Waals surface area contributed by atoms with Gasteiger partial charge in [0.25, 0.3) is 5.56 Å². The van der Waals surface area contributed by atoms with E-state index in [1.165, 1.54) is 6.33 Å². The third-order valence-electron chi connectivity index (χ3n) is 2.15. The van der Waals surface area contributed by atoms with Gasteiger partial charge in [0.1, 0.15) is 9.39 Å². The van der Waals surface area contributed by atoms with Crippen LogP contribution in [0, 0.1) is 9.49 Å². The van der Waals surface area contributed by atoms with E-state index in [1.807, 2.05) is 36.4 Å². The second-order valence-electron chi connectivity index (χ2n) is 4.27. The molecule has 1 heterocycles. The van der Waals surface area contributed by atoms with Gasteiger partial charge >= 0.3 is 0 Å². The minimum absolute atomic E-state index is 0.00366. The largest absolute Gasteiger partial charge is 0.368 e. The molecule has 7 heteroatoms. The predicted octanol–water partition coefficient (Wildman–Crippen LogP) is 0.949. The van der Waals surface area contributed by atoms with Gasteiger partial charge in [0.2, 0.25) is 5.91 Å². The summed E-state index contributed by atoms with van der Waals surface area (Å²) in [4.78, 5) is 29.2. The highest BCUT2D eigenvalue weighted by Crippen LogP contribution is 2.08. The maximum absolute atomic E-state index is 11.4. The van der Waals surface area contributed by atoms with E-state index in [-0.39, 0.29) is 11.5 Å². The smallest absolute Gasteiger partial charge is 0.266 e. The van der Waals surface area contributed by atoms with Gasteiger partial charge in [-0.25, -0.2) is 4.98 Å². The lowest BCUT2D eigenvalue weighted by molar-refractivity contribution is -0.120. The first kappa shape index (κ1) is 14.9. The molecule has 0 saturated carbocycles. The lowest BCUT2D eigenvalue weighted by Crippen LogP contribution is -2.29. The number of hydrogen-bond donors (Lipinski definition) is 3. The van der Waals surface area contributed by atoms with Crippen molar-refractivity contribution in [2.75, 3.05) is 18.4 Å². The molecule has 0 fully saturated rings. The Morgan fingerprint density at radius 3 is 2.94 bits per heavy atom. The van der Waals surface area contributed by atoms with Crippen LogP contribution in [0.3, 0.4) is 0 Å². The highest BCUT2D eigenvalue weighted by atomic mass is 127. The fraction of sp³-hybridized carbons (Fsp3) is 0.545. The fourth-order valence-corrected chi connectivity index (χ4v) is 1.69. The molecule has 0 aliphatic rings. The van der Waals surface area contributed by atoms with Gasteiger partial charge < -0.3 is 15.6 Å². The molecule has 1 aromatic rings. The van der Waals surface area contributed by atoms with Crippen LogP contribution in [-0.2, 0) is 4.79 Å². The van der Waals surface area contributed by atoms with E-state index in [2.05, 4.69) is 20.6 Å². The van der Waals surface area contributed by atoms with Gasteiger partial charge in [-0.05, 0) is 28.5 Å². The van der Waals surface area contributed by atoms with Crippen molar-refractivity contribution in [3.8, 4) is 0 Å². The van der Waals surface area contributed by atoms with Crippen LogP contribution in [0.15, 0.2) is 11.1 Å². The Hall–Kier alpha value is -1.12. The molecule has 0 atom stereocenters. The molecule has 1 aromatic heterocycles. The molecular weight excluding hydrogens is 347 g/mol. The number of rotatable bonds is 6. The third-order valence-corrected chi connectivity index (χ3v) is 3.15. The van der Waals surface area contributed by atoms with E-state index >= 15 is 0 Å². The van der Waals surface area contributed by atoms with Crippen molar-refractivity contribution in [2.24, 2.45) is 5.92 Å². The molecule has 100 valence electrons. The number of carbonyl (C=O) groups excluding carboxylic acids is 1. The molecule has 6 nitrogen and oxygen atoms in total. The normalized spacial score (nSPS) is 10.4. The molecule has 18 heavy (non-hydrogen) atoms. The summed E-state index contributed by atoms with van der Waals surface area (Å²) in [6.45, 7) is 5.22. The zero-order chi connectivity index (χ0) is 13.5. The summed E-state index contributed by atoms with van der Waals surface area (Å²) in [5.41, 5.74) is -0.183. The van der Waals surface area contributed by atoms with Crippen LogP contribution in [0.2, 0.25) is 0 Å². The number of hydrogen-bond acceptors (Lipinski definition) is 4. The highest BCUT2D eigenvalue weighted by Gasteiger charge is 2.06. The van der Waals surface area contributed by atoms with Gasteiger partial charge in [-0.3, -0.25) is 9.59 Å². The highest BCUT2D eigenvalue weighted by molar-refractivity contribution is 14.1. The van der Waals surface area contributed by atoms with Crippen molar-refractivity contribution in [3.63, 3.8) is 0 Å². The maximum Gasteiger partial charge on any atom is 0.266 e. The summed E-state index contributed by atoms with van der Waals surface area (Å²) in [6, 6.07) is 0. The fourth-order valence-electron chi connectivity index (χ4n) is 1.21. The van der Waals surface area contributed by atoms with Crippen LogP contribution in [0.5, 0.6) is 0 Å². The van der Waals surface area contributed by atoms with Crippen molar-refractivity contribution < 1.29 is 4.79 Å². The molecule has 0 saturated heterocycles. The molecular formula is C11H17IN4O2. The van der Waals surface area contributed by atoms with Crippen LogP contribution in [0.1, 0.15) is 20.3 Å². The summed E-state index contributed by atoms with van der Waals surface area (Å²) >= 11 is 1.92. The first-order valence-electron chi connectivity index (χ1n) is 5.74. The van der Waals surface area contributed by atoms with E-state index in [9.17, 15) is 9.59 Å². The monoisotopic (exact) mass is 364 g/mol. The first-order chi connectivity index (χ1) is 8.50. The van der Waals surface area contributed by atoms with Gasteiger partial charge in [-0.2, -0.15) is 0 Å². The Balaban J connectivity index is 2.35. The van der Waals surface area contributed by atoms with Crippen molar-refractivity contribution in [3.05, 3.63) is 20.3 Å². The van der Waals surface area contributed by atoms with E-state index in [1.54, 1.807) is 0 Å². The van der Waals surface area contributed by atoms with Gasteiger partial charge in [0.15, 0.2) is 0 Å². The molecule has 1 rings (SSSR count). The van der Waals surface area contributed by atoms with E-state index in [0.29, 0.717) is 34.8 Å². The van der Waals surface area contributed by atoms with E-state index < -0.39 is 0 Å². The van der Waals surface area contributed by atoms with E-state index in [0.717, 1.165) is 0 Å². The third kappa shape index (κ3) is 5.03. The second kappa shape index (κ2) is 7.34. The zero-order valence-corrected chi connectivity index (χ0v) is 12.6. The van der Waals surface area contributed by atoms with Crippen LogP contribution in [0.4, 0.5) is 5.82 Å². The van der Waals surface area contributed by atoms with Crippen LogP contribution < -0.4 is 16.2 Å². The SMILES string of the molecule is CC(C)CNC(=O)CCNc1nc[nH]c(=O)c1I. The van der Waals surface area contributed by atoms with Crippen molar-refractivity contribution in [1.29, 1.82) is 0 Å². The van der Waals surface area contributed by atoms with Gasteiger partial charge in [0.05, 0.1) is 6.33 Å². The quantitative estimate of drug-likeness (QED) is 0.656. The predicted molar refractivity (Wildman–Crippen MR) is 78.5 cm³/mol.